The van der Waals surface area contributed by atoms with Crippen LogP contribution in [0.25, 0.3) is 6.08 Å². The van der Waals surface area contributed by atoms with Crippen LogP contribution < -0.4 is 15.4 Å². The Morgan fingerprint density at radius 3 is 2.53 bits per heavy atom. The molecule has 0 saturated carbocycles. The largest absolute Gasteiger partial charge is 0.489 e. The summed E-state index contributed by atoms with van der Waals surface area (Å²) in [4.78, 5) is 24.2. The summed E-state index contributed by atoms with van der Waals surface area (Å²) in [7, 11) is 0. The molecule has 0 aromatic heterocycles. The van der Waals surface area contributed by atoms with E-state index in [0.29, 0.717) is 24.4 Å². The molecule has 0 heterocycles. The van der Waals surface area contributed by atoms with E-state index >= 15 is 0 Å². The highest BCUT2D eigenvalue weighted by Crippen LogP contribution is 2.17. The molecule has 0 aliphatic rings. The summed E-state index contributed by atoms with van der Waals surface area (Å²) in [6, 6.07) is 24.3. The molecule has 0 aliphatic heterocycles. The van der Waals surface area contributed by atoms with E-state index in [-0.39, 0.29) is 11.8 Å². The third kappa shape index (κ3) is 6.34. The molecule has 3 aromatic carbocycles. The molecule has 5 nitrogen and oxygen atoms in total. The van der Waals surface area contributed by atoms with Crippen LogP contribution in [0.5, 0.6) is 5.75 Å². The standard InChI is InChI=1S/C25H24N2O3/c1-2-26-25(29)21-11-7-12-22(17-21)27-24(28)15-14-19-10-6-13-23(16-19)30-18-20-8-4-3-5-9-20/h3-17H,2,18H2,1H3,(H,26,29)(H,27,28)/b15-14+. The Bertz CT molecular complexity index is 1030. The van der Waals surface area contributed by atoms with Crippen LogP contribution in [-0.2, 0) is 11.4 Å². The van der Waals surface area contributed by atoms with E-state index < -0.39 is 0 Å². The number of anilines is 1. The molecule has 0 fully saturated rings. The van der Waals surface area contributed by atoms with Gasteiger partial charge in [-0.25, -0.2) is 0 Å². The lowest BCUT2D eigenvalue weighted by Crippen LogP contribution is -2.22. The predicted octanol–water partition coefficient (Wildman–Crippen LogP) is 4.67. The van der Waals surface area contributed by atoms with Gasteiger partial charge in [-0.15, -0.1) is 0 Å². The molecular formula is C25H24N2O3. The summed E-state index contributed by atoms with van der Waals surface area (Å²) in [6.45, 7) is 2.89. The van der Waals surface area contributed by atoms with Gasteiger partial charge in [-0.05, 0) is 54.5 Å². The van der Waals surface area contributed by atoms with Gasteiger partial charge in [0.05, 0.1) is 0 Å². The molecule has 3 aromatic rings. The van der Waals surface area contributed by atoms with E-state index in [1.165, 1.54) is 6.08 Å². The van der Waals surface area contributed by atoms with Crippen LogP contribution in [0.15, 0.2) is 84.9 Å². The highest BCUT2D eigenvalue weighted by molar-refractivity contribution is 6.03. The molecule has 0 unspecified atom stereocenters. The van der Waals surface area contributed by atoms with Crippen molar-refractivity contribution in [3.05, 3.63) is 102 Å². The van der Waals surface area contributed by atoms with Crippen LogP contribution in [0.2, 0.25) is 0 Å². The number of hydrogen-bond donors (Lipinski definition) is 2. The van der Waals surface area contributed by atoms with Crippen molar-refractivity contribution in [3.63, 3.8) is 0 Å². The number of ether oxygens (including phenoxy) is 1. The normalized spacial score (nSPS) is 10.6. The second kappa shape index (κ2) is 10.6. The van der Waals surface area contributed by atoms with Crippen molar-refractivity contribution in [2.24, 2.45) is 0 Å². The Kier molecular flexibility index (Phi) is 7.39. The van der Waals surface area contributed by atoms with Crippen molar-refractivity contribution >= 4 is 23.6 Å². The molecule has 0 spiro atoms. The minimum atomic E-state index is -0.279. The Morgan fingerprint density at radius 2 is 1.73 bits per heavy atom. The van der Waals surface area contributed by atoms with E-state index in [1.54, 1.807) is 30.3 Å². The third-order valence-corrected chi connectivity index (χ3v) is 4.26. The van der Waals surface area contributed by atoms with Crippen LogP contribution in [0.1, 0.15) is 28.4 Å². The first kappa shape index (κ1) is 20.9. The fourth-order valence-electron chi connectivity index (χ4n) is 2.81. The summed E-state index contributed by atoms with van der Waals surface area (Å²) >= 11 is 0. The number of hydrogen-bond acceptors (Lipinski definition) is 3. The number of rotatable bonds is 8. The average Bonchev–Trinajstić information content (AvgIpc) is 2.78. The van der Waals surface area contributed by atoms with Crippen LogP contribution in [-0.4, -0.2) is 18.4 Å². The highest BCUT2D eigenvalue weighted by atomic mass is 16.5. The second-order valence-electron chi connectivity index (χ2n) is 6.61. The molecule has 0 radical (unpaired) electrons. The molecule has 152 valence electrons. The van der Waals surface area contributed by atoms with Crippen LogP contribution in [0, 0.1) is 0 Å². The number of carbonyl (C=O) groups is 2. The van der Waals surface area contributed by atoms with Gasteiger partial charge in [0.15, 0.2) is 0 Å². The average molecular weight is 400 g/mol. The van der Waals surface area contributed by atoms with Gasteiger partial charge < -0.3 is 15.4 Å². The lowest BCUT2D eigenvalue weighted by molar-refractivity contribution is -0.111. The molecule has 0 aliphatic carbocycles. The van der Waals surface area contributed by atoms with Crippen molar-refractivity contribution in [1.82, 2.24) is 5.32 Å². The number of benzene rings is 3. The molecule has 5 heteroatoms. The van der Waals surface area contributed by atoms with Gasteiger partial charge in [-0.2, -0.15) is 0 Å². The zero-order valence-electron chi connectivity index (χ0n) is 16.8. The maximum atomic E-state index is 12.3. The number of carbonyl (C=O) groups excluding carboxylic acids is 2. The minimum absolute atomic E-state index is 0.170. The first-order chi connectivity index (χ1) is 14.6. The first-order valence-electron chi connectivity index (χ1n) is 9.78. The van der Waals surface area contributed by atoms with E-state index in [9.17, 15) is 9.59 Å². The van der Waals surface area contributed by atoms with E-state index in [4.69, 9.17) is 4.74 Å². The third-order valence-electron chi connectivity index (χ3n) is 4.26. The molecule has 0 saturated heterocycles. The van der Waals surface area contributed by atoms with Crippen LogP contribution >= 0.6 is 0 Å². The Labute approximate surface area is 176 Å². The van der Waals surface area contributed by atoms with Gasteiger partial charge in [-0.3, -0.25) is 9.59 Å². The zero-order chi connectivity index (χ0) is 21.2. The van der Waals surface area contributed by atoms with Crippen molar-refractivity contribution in [2.75, 3.05) is 11.9 Å². The van der Waals surface area contributed by atoms with Crippen molar-refractivity contribution in [3.8, 4) is 5.75 Å². The zero-order valence-corrected chi connectivity index (χ0v) is 16.8. The van der Waals surface area contributed by atoms with Gasteiger partial charge in [0.1, 0.15) is 12.4 Å². The Hall–Kier alpha value is -3.86. The van der Waals surface area contributed by atoms with Crippen molar-refractivity contribution in [2.45, 2.75) is 13.5 Å². The van der Waals surface area contributed by atoms with E-state index in [0.717, 1.165) is 16.9 Å². The van der Waals surface area contributed by atoms with Crippen LogP contribution in [0.4, 0.5) is 5.69 Å². The lowest BCUT2D eigenvalue weighted by Gasteiger charge is -2.07. The Morgan fingerprint density at radius 1 is 0.933 bits per heavy atom. The molecule has 0 bridgehead atoms. The molecule has 2 N–H and O–H groups in total. The van der Waals surface area contributed by atoms with Crippen LogP contribution in [0.3, 0.4) is 0 Å². The predicted molar refractivity (Wildman–Crippen MR) is 119 cm³/mol. The summed E-state index contributed by atoms with van der Waals surface area (Å²) < 4.78 is 5.82. The van der Waals surface area contributed by atoms with E-state index in [2.05, 4.69) is 10.6 Å². The lowest BCUT2D eigenvalue weighted by atomic mass is 10.1. The number of nitrogens with one attached hydrogen (secondary N) is 2. The summed E-state index contributed by atoms with van der Waals surface area (Å²) in [6.07, 6.45) is 3.17. The molecular weight excluding hydrogens is 376 g/mol. The highest BCUT2D eigenvalue weighted by Gasteiger charge is 2.06. The quantitative estimate of drug-likeness (QED) is 0.540. The topological polar surface area (TPSA) is 67.4 Å². The second-order valence-corrected chi connectivity index (χ2v) is 6.61. The fourth-order valence-corrected chi connectivity index (χ4v) is 2.81. The SMILES string of the molecule is CCNC(=O)c1cccc(NC(=O)/C=C/c2cccc(OCc3ccccc3)c2)c1. The van der Waals surface area contributed by atoms with Crippen molar-refractivity contribution in [1.29, 1.82) is 0 Å². The molecule has 0 atom stereocenters. The monoisotopic (exact) mass is 400 g/mol. The fraction of sp³-hybridized carbons (Fsp3) is 0.120. The van der Waals surface area contributed by atoms with E-state index in [1.807, 2.05) is 61.5 Å². The summed E-state index contributed by atoms with van der Waals surface area (Å²) in [5.74, 6) is 0.283. The molecule has 30 heavy (non-hydrogen) atoms. The van der Waals surface area contributed by atoms with Gasteiger partial charge >= 0.3 is 0 Å². The van der Waals surface area contributed by atoms with Gasteiger partial charge in [0.25, 0.3) is 5.91 Å². The Balaban J connectivity index is 1.58. The molecule has 3 rings (SSSR count). The summed E-state index contributed by atoms with van der Waals surface area (Å²) in [5, 5.41) is 5.51. The van der Waals surface area contributed by atoms with Gasteiger partial charge in [0, 0.05) is 23.9 Å². The smallest absolute Gasteiger partial charge is 0.251 e. The van der Waals surface area contributed by atoms with Gasteiger partial charge in [-0.1, -0.05) is 48.5 Å². The van der Waals surface area contributed by atoms with Gasteiger partial charge in [0.2, 0.25) is 5.91 Å². The van der Waals surface area contributed by atoms with Crippen molar-refractivity contribution < 1.29 is 14.3 Å². The first-order valence-corrected chi connectivity index (χ1v) is 9.78. The maximum absolute atomic E-state index is 12.3. The summed E-state index contributed by atoms with van der Waals surface area (Å²) in [5.41, 5.74) is 3.01. The maximum Gasteiger partial charge on any atom is 0.251 e. The number of amides is 2. The molecule has 2 amide bonds. The minimum Gasteiger partial charge on any atom is -0.489 e.